The standard InChI is InChI=1S/2C24H18F3NO2/c2*1-30-20-13-11-19(12-14-20)28-21(15-16-5-3-2-4-6-16)22(23(28)29)17-7-9-18(10-8-17)24(25,26)27/h2*2-15,22H,1H3/b2*21-15+/t2*22-/m11/s1. The molecule has 0 unspecified atom stereocenters. The van der Waals surface area contributed by atoms with Gasteiger partial charge in [0.25, 0.3) is 0 Å². The molecule has 6 aromatic carbocycles. The number of halogens is 6. The average molecular weight is 819 g/mol. The summed E-state index contributed by atoms with van der Waals surface area (Å²) in [4.78, 5) is 29.2. The Labute approximate surface area is 342 Å². The second-order valence-corrected chi connectivity index (χ2v) is 13.8. The number of carbonyl (C=O) groups is 2. The Morgan fingerprint density at radius 1 is 0.450 bits per heavy atom. The van der Waals surface area contributed by atoms with E-state index in [1.807, 2.05) is 72.8 Å². The zero-order chi connectivity index (χ0) is 42.6. The molecule has 60 heavy (non-hydrogen) atoms. The quantitative estimate of drug-likeness (QED) is 0.113. The van der Waals surface area contributed by atoms with E-state index in [4.69, 9.17) is 9.47 Å². The molecule has 6 aromatic rings. The van der Waals surface area contributed by atoms with Gasteiger partial charge in [-0.05, 0) is 107 Å². The summed E-state index contributed by atoms with van der Waals surface area (Å²) in [5.74, 6) is -0.312. The number of carbonyl (C=O) groups excluding carboxylic acids is 2. The number of ether oxygens (including phenoxy) is 2. The average Bonchev–Trinajstić information content (AvgIpc) is 3.25. The van der Waals surface area contributed by atoms with Crippen LogP contribution in [0.25, 0.3) is 12.2 Å². The Hall–Kier alpha value is -7.08. The van der Waals surface area contributed by atoms with Crippen molar-refractivity contribution in [3.05, 3.63) is 203 Å². The molecule has 2 aliphatic heterocycles. The molecular weight excluding hydrogens is 783 g/mol. The van der Waals surface area contributed by atoms with Crippen LogP contribution in [0.3, 0.4) is 0 Å². The van der Waals surface area contributed by atoms with Gasteiger partial charge in [-0.1, -0.05) is 84.9 Å². The monoisotopic (exact) mass is 818 g/mol. The lowest BCUT2D eigenvalue weighted by Gasteiger charge is -2.42. The minimum absolute atomic E-state index is 0.192. The fourth-order valence-corrected chi connectivity index (χ4v) is 7.00. The number of benzene rings is 6. The number of hydrogen-bond acceptors (Lipinski definition) is 4. The van der Waals surface area contributed by atoms with Crippen molar-refractivity contribution in [1.82, 2.24) is 0 Å². The number of alkyl halides is 6. The summed E-state index contributed by atoms with van der Waals surface area (Å²) >= 11 is 0. The van der Waals surface area contributed by atoms with Crippen molar-refractivity contribution < 1.29 is 45.4 Å². The van der Waals surface area contributed by atoms with Crippen molar-refractivity contribution in [2.75, 3.05) is 24.0 Å². The Balaban J connectivity index is 0.000000181. The number of rotatable bonds is 8. The molecule has 0 radical (unpaired) electrons. The maximum atomic E-state index is 13.0. The predicted octanol–water partition coefficient (Wildman–Crippen LogP) is 11.8. The van der Waals surface area contributed by atoms with Crippen LogP contribution in [0.5, 0.6) is 11.5 Å². The number of anilines is 2. The first-order valence-electron chi connectivity index (χ1n) is 18.6. The highest BCUT2D eigenvalue weighted by molar-refractivity contribution is 6.14. The summed E-state index contributed by atoms with van der Waals surface area (Å²) in [7, 11) is 3.12. The van der Waals surface area contributed by atoms with Crippen LogP contribution in [0.1, 0.15) is 45.2 Å². The number of nitrogens with zero attached hydrogens (tertiary/aromatic N) is 2. The van der Waals surface area contributed by atoms with Crippen LogP contribution < -0.4 is 19.3 Å². The van der Waals surface area contributed by atoms with Crippen molar-refractivity contribution in [2.24, 2.45) is 0 Å². The third-order valence-corrected chi connectivity index (χ3v) is 10.1. The lowest BCUT2D eigenvalue weighted by molar-refractivity contribution is -0.138. The molecule has 2 heterocycles. The number of β-lactam (4-membered cyclic amide) rings is 2. The summed E-state index contributed by atoms with van der Waals surface area (Å²) in [6.07, 6.45) is -5.07. The van der Waals surface area contributed by atoms with Gasteiger partial charge in [-0.3, -0.25) is 19.4 Å². The normalized spacial score (nSPS) is 17.7. The van der Waals surface area contributed by atoms with Gasteiger partial charge in [-0.2, -0.15) is 26.3 Å². The minimum atomic E-state index is -4.42. The molecule has 0 spiro atoms. The molecule has 0 aromatic heterocycles. The first-order valence-corrected chi connectivity index (χ1v) is 18.6. The number of methoxy groups -OCH3 is 2. The highest BCUT2D eigenvalue weighted by atomic mass is 19.4. The maximum Gasteiger partial charge on any atom is 0.416 e. The summed E-state index contributed by atoms with van der Waals surface area (Å²) in [6.45, 7) is 0. The van der Waals surface area contributed by atoms with Crippen molar-refractivity contribution in [1.29, 1.82) is 0 Å². The fourth-order valence-electron chi connectivity index (χ4n) is 7.00. The molecular formula is C48H36F6N2O4. The smallest absolute Gasteiger partial charge is 0.416 e. The van der Waals surface area contributed by atoms with Crippen molar-refractivity contribution in [3.63, 3.8) is 0 Å². The van der Waals surface area contributed by atoms with Crippen LogP contribution in [-0.2, 0) is 21.9 Å². The van der Waals surface area contributed by atoms with Gasteiger partial charge in [0, 0.05) is 22.8 Å². The van der Waals surface area contributed by atoms with Gasteiger partial charge in [0.15, 0.2) is 0 Å². The molecule has 0 bridgehead atoms. The van der Waals surface area contributed by atoms with Gasteiger partial charge >= 0.3 is 12.4 Å². The Kier molecular flexibility index (Phi) is 11.7. The van der Waals surface area contributed by atoms with E-state index in [2.05, 4.69) is 0 Å². The van der Waals surface area contributed by atoms with Crippen LogP contribution in [0.4, 0.5) is 37.7 Å². The van der Waals surface area contributed by atoms with Crippen LogP contribution in [0, 0.1) is 0 Å². The molecule has 2 saturated heterocycles. The second kappa shape index (κ2) is 17.0. The fraction of sp³-hybridized carbons (Fsp3) is 0.125. The Bertz CT molecular complexity index is 2320. The summed E-state index contributed by atoms with van der Waals surface area (Å²) < 4.78 is 87.8. The SMILES string of the molecule is COc1ccc(N2C(=O)[C@H](c3ccc(C(F)(F)F)cc3)/C2=C\c2ccccc2)cc1.COc1ccc(N2C(=O)[C@H](c3ccc(C(F)(F)F)cc3)/C2=C\c2ccccc2)cc1. The molecule has 6 nitrogen and oxygen atoms in total. The van der Waals surface area contributed by atoms with E-state index >= 15 is 0 Å². The van der Waals surface area contributed by atoms with Crippen molar-refractivity contribution >= 4 is 35.3 Å². The van der Waals surface area contributed by atoms with E-state index < -0.39 is 35.3 Å². The molecule has 0 saturated carbocycles. The van der Waals surface area contributed by atoms with Crippen molar-refractivity contribution in [3.8, 4) is 11.5 Å². The maximum absolute atomic E-state index is 13.0. The van der Waals surface area contributed by atoms with Gasteiger partial charge < -0.3 is 9.47 Å². The van der Waals surface area contributed by atoms with Crippen LogP contribution >= 0.6 is 0 Å². The second-order valence-electron chi connectivity index (χ2n) is 13.8. The highest BCUT2D eigenvalue weighted by Crippen LogP contribution is 2.46. The van der Waals surface area contributed by atoms with Gasteiger partial charge in [0.05, 0.1) is 25.3 Å². The third-order valence-electron chi connectivity index (χ3n) is 10.1. The zero-order valence-electron chi connectivity index (χ0n) is 32.1. The van der Waals surface area contributed by atoms with Crippen molar-refractivity contribution in [2.45, 2.75) is 24.2 Å². The topological polar surface area (TPSA) is 59.1 Å². The first kappa shape index (κ1) is 41.1. The lowest BCUT2D eigenvalue weighted by Crippen LogP contribution is -2.48. The number of amides is 2. The molecule has 304 valence electrons. The minimum Gasteiger partial charge on any atom is -0.497 e. The molecule has 12 heteroatoms. The number of hydrogen-bond donors (Lipinski definition) is 0. The molecule has 2 aliphatic rings. The van der Waals surface area contributed by atoms with E-state index in [-0.39, 0.29) is 11.8 Å². The van der Waals surface area contributed by atoms with Gasteiger partial charge in [0.2, 0.25) is 11.8 Å². The predicted molar refractivity (Wildman–Crippen MR) is 218 cm³/mol. The molecule has 8 rings (SSSR count). The Morgan fingerprint density at radius 2 is 0.767 bits per heavy atom. The van der Waals surface area contributed by atoms with Crippen LogP contribution in [-0.4, -0.2) is 26.0 Å². The highest BCUT2D eigenvalue weighted by Gasteiger charge is 2.46. The van der Waals surface area contributed by atoms with Crippen LogP contribution in [0.2, 0.25) is 0 Å². The van der Waals surface area contributed by atoms with E-state index in [0.29, 0.717) is 45.4 Å². The molecule has 0 N–H and O–H groups in total. The Morgan fingerprint density at radius 3 is 1.05 bits per heavy atom. The summed E-state index contributed by atoms with van der Waals surface area (Å²) in [5, 5.41) is 0. The largest absolute Gasteiger partial charge is 0.497 e. The molecule has 2 fully saturated rings. The summed E-state index contributed by atoms with van der Waals surface area (Å²) in [5.41, 5.74) is 4.13. The first-order chi connectivity index (χ1) is 28.8. The van der Waals surface area contributed by atoms with Crippen LogP contribution in [0.15, 0.2) is 169 Å². The van der Waals surface area contributed by atoms with Gasteiger partial charge in [-0.25, -0.2) is 0 Å². The molecule has 0 aliphatic carbocycles. The lowest BCUT2D eigenvalue weighted by atomic mass is 9.84. The zero-order valence-corrected chi connectivity index (χ0v) is 32.1. The van der Waals surface area contributed by atoms with E-state index in [9.17, 15) is 35.9 Å². The molecule has 2 amide bonds. The van der Waals surface area contributed by atoms with E-state index in [0.717, 1.165) is 35.4 Å². The van der Waals surface area contributed by atoms with Gasteiger partial charge in [0.1, 0.15) is 23.3 Å². The van der Waals surface area contributed by atoms with Gasteiger partial charge in [-0.15, -0.1) is 0 Å². The molecule has 2 atom stereocenters. The summed E-state index contributed by atoms with van der Waals surface area (Å²) in [6, 6.07) is 42.6. The third kappa shape index (κ3) is 8.68. The van der Waals surface area contributed by atoms with E-state index in [1.165, 1.54) is 24.3 Å². The van der Waals surface area contributed by atoms with E-state index in [1.54, 1.807) is 72.6 Å².